The van der Waals surface area contributed by atoms with E-state index >= 15 is 0 Å². The summed E-state index contributed by atoms with van der Waals surface area (Å²) in [6, 6.07) is 19.7. The highest BCUT2D eigenvalue weighted by atomic mass is 16.5. The number of ether oxygens (including phenoxy) is 2. The zero-order valence-corrected chi connectivity index (χ0v) is 18.0. The highest BCUT2D eigenvalue weighted by Gasteiger charge is 2.14. The van der Waals surface area contributed by atoms with Gasteiger partial charge in [0.15, 0.2) is 0 Å². The molecule has 0 fully saturated rings. The predicted octanol–water partition coefficient (Wildman–Crippen LogP) is 3.84. The summed E-state index contributed by atoms with van der Waals surface area (Å²) in [5, 5.41) is 7.79. The molecule has 0 amide bonds. The van der Waals surface area contributed by atoms with Crippen molar-refractivity contribution in [3.63, 3.8) is 0 Å². The third-order valence-electron chi connectivity index (χ3n) is 5.33. The number of aromatic nitrogens is 4. The summed E-state index contributed by atoms with van der Waals surface area (Å²) in [4.78, 5) is 12.3. The molecule has 4 rings (SSSR count). The molecule has 0 bridgehead atoms. The third kappa shape index (κ3) is 4.07. The van der Waals surface area contributed by atoms with Crippen molar-refractivity contribution in [1.82, 2.24) is 19.8 Å². The Bertz CT molecular complexity index is 1270. The lowest BCUT2D eigenvalue weighted by Crippen LogP contribution is -2.23. The lowest BCUT2D eigenvalue weighted by molar-refractivity contribution is 0.305. The minimum Gasteiger partial charge on any atom is -0.497 e. The maximum atomic E-state index is 12.3. The van der Waals surface area contributed by atoms with Crippen LogP contribution in [-0.2, 0) is 13.7 Å². The van der Waals surface area contributed by atoms with E-state index in [1.165, 1.54) is 9.36 Å². The van der Waals surface area contributed by atoms with Crippen LogP contribution < -0.4 is 15.2 Å². The highest BCUT2D eigenvalue weighted by molar-refractivity contribution is 5.69. The molecule has 7 heteroatoms. The Labute approximate surface area is 180 Å². The van der Waals surface area contributed by atoms with Crippen LogP contribution in [0.4, 0.5) is 0 Å². The average molecular weight is 416 g/mol. The van der Waals surface area contributed by atoms with Crippen molar-refractivity contribution in [2.75, 3.05) is 7.11 Å². The molecule has 0 spiro atoms. The average Bonchev–Trinajstić information content (AvgIpc) is 3.12. The Morgan fingerprint density at radius 3 is 2.32 bits per heavy atom. The molecule has 1 heterocycles. The Morgan fingerprint density at radius 2 is 1.65 bits per heavy atom. The maximum absolute atomic E-state index is 12.3. The van der Waals surface area contributed by atoms with Crippen molar-refractivity contribution in [1.29, 1.82) is 0 Å². The van der Waals surface area contributed by atoms with Crippen molar-refractivity contribution < 1.29 is 9.47 Å². The van der Waals surface area contributed by atoms with Crippen LogP contribution in [0.25, 0.3) is 16.8 Å². The first-order valence-electron chi connectivity index (χ1n) is 9.93. The Hall–Kier alpha value is -3.87. The zero-order valence-electron chi connectivity index (χ0n) is 18.0. The number of aryl methyl sites for hydroxylation is 3. The van der Waals surface area contributed by atoms with E-state index in [1.807, 2.05) is 67.6 Å². The van der Waals surface area contributed by atoms with Gasteiger partial charge in [-0.25, -0.2) is 4.79 Å². The monoisotopic (exact) mass is 416 g/mol. The lowest BCUT2D eigenvalue weighted by Gasteiger charge is -2.14. The van der Waals surface area contributed by atoms with E-state index in [2.05, 4.69) is 17.4 Å². The Balaban J connectivity index is 1.63. The molecule has 0 aliphatic heterocycles. The number of methoxy groups -OCH3 is 1. The number of hydrogen-bond acceptors (Lipinski definition) is 5. The molecule has 0 N–H and O–H groups in total. The molecule has 4 aromatic rings. The van der Waals surface area contributed by atoms with Crippen LogP contribution in [0.3, 0.4) is 0 Å². The van der Waals surface area contributed by atoms with E-state index in [0.717, 1.165) is 39.3 Å². The first-order valence-corrected chi connectivity index (χ1v) is 9.93. The van der Waals surface area contributed by atoms with Crippen LogP contribution in [0.2, 0.25) is 0 Å². The molecule has 31 heavy (non-hydrogen) atoms. The molecule has 0 saturated heterocycles. The molecular weight excluding hydrogens is 392 g/mol. The van der Waals surface area contributed by atoms with Crippen LogP contribution in [0.15, 0.2) is 65.5 Å². The van der Waals surface area contributed by atoms with Gasteiger partial charge in [0.2, 0.25) is 0 Å². The fourth-order valence-electron chi connectivity index (χ4n) is 3.47. The smallest absolute Gasteiger partial charge is 0.368 e. The quantitative estimate of drug-likeness (QED) is 0.478. The van der Waals surface area contributed by atoms with Gasteiger partial charge in [-0.2, -0.15) is 9.36 Å². The molecule has 158 valence electrons. The maximum Gasteiger partial charge on any atom is 0.368 e. The fourth-order valence-corrected chi connectivity index (χ4v) is 3.47. The molecule has 0 atom stereocenters. The summed E-state index contributed by atoms with van der Waals surface area (Å²) >= 11 is 0. The molecule has 0 radical (unpaired) electrons. The van der Waals surface area contributed by atoms with Gasteiger partial charge < -0.3 is 9.47 Å². The third-order valence-corrected chi connectivity index (χ3v) is 5.33. The lowest BCUT2D eigenvalue weighted by atomic mass is 10.0. The van der Waals surface area contributed by atoms with E-state index in [9.17, 15) is 4.79 Å². The number of rotatable bonds is 6. The topological polar surface area (TPSA) is 71.2 Å². The number of nitrogens with zero attached hydrogens (tertiary/aromatic N) is 4. The molecule has 0 saturated carbocycles. The second-order valence-electron chi connectivity index (χ2n) is 7.36. The summed E-state index contributed by atoms with van der Waals surface area (Å²) in [5.41, 5.74) is 5.60. The largest absolute Gasteiger partial charge is 0.497 e. The van der Waals surface area contributed by atoms with Crippen LogP contribution in [0.1, 0.15) is 16.7 Å². The first-order chi connectivity index (χ1) is 15.0. The second-order valence-corrected chi connectivity index (χ2v) is 7.36. The van der Waals surface area contributed by atoms with E-state index in [4.69, 9.17) is 9.47 Å². The summed E-state index contributed by atoms with van der Waals surface area (Å²) < 4.78 is 13.9. The van der Waals surface area contributed by atoms with Gasteiger partial charge in [-0.05, 0) is 76.9 Å². The number of tetrazole rings is 1. The predicted molar refractivity (Wildman–Crippen MR) is 119 cm³/mol. The highest BCUT2D eigenvalue weighted by Crippen LogP contribution is 2.30. The van der Waals surface area contributed by atoms with Crippen molar-refractivity contribution in [3.8, 4) is 28.3 Å². The van der Waals surface area contributed by atoms with Gasteiger partial charge in [0.25, 0.3) is 0 Å². The Morgan fingerprint density at radius 1 is 0.903 bits per heavy atom. The van der Waals surface area contributed by atoms with Gasteiger partial charge in [0, 0.05) is 12.6 Å². The molecule has 7 nitrogen and oxygen atoms in total. The second kappa shape index (κ2) is 8.47. The molecule has 0 aliphatic rings. The zero-order chi connectivity index (χ0) is 22.0. The van der Waals surface area contributed by atoms with Crippen molar-refractivity contribution in [3.05, 3.63) is 87.8 Å². The van der Waals surface area contributed by atoms with E-state index in [-0.39, 0.29) is 5.69 Å². The summed E-state index contributed by atoms with van der Waals surface area (Å²) in [5.74, 6) is 1.57. The molecule has 3 aromatic carbocycles. The summed E-state index contributed by atoms with van der Waals surface area (Å²) in [7, 11) is 3.23. The summed E-state index contributed by atoms with van der Waals surface area (Å²) in [6.45, 7) is 4.36. The van der Waals surface area contributed by atoms with Gasteiger partial charge in [0.05, 0.1) is 12.8 Å². The normalized spacial score (nSPS) is 10.8. The van der Waals surface area contributed by atoms with Crippen LogP contribution in [0.5, 0.6) is 11.5 Å². The van der Waals surface area contributed by atoms with Gasteiger partial charge in [0.1, 0.15) is 18.1 Å². The van der Waals surface area contributed by atoms with Crippen LogP contribution >= 0.6 is 0 Å². The van der Waals surface area contributed by atoms with Crippen LogP contribution in [-0.4, -0.2) is 26.9 Å². The SMILES string of the molecule is COc1ccc(-c2cc(OCc3c(C)cccc3-n3nnn(C)c3=O)ccc2C)cc1. The number of benzene rings is 3. The minimum atomic E-state index is -0.302. The minimum absolute atomic E-state index is 0.302. The van der Waals surface area contributed by atoms with Gasteiger partial charge in [-0.1, -0.05) is 30.3 Å². The molecule has 1 aromatic heterocycles. The van der Waals surface area contributed by atoms with Gasteiger partial charge >= 0.3 is 5.69 Å². The number of hydrogen-bond donors (Lipinski definition) is 0. The van der Waals surface area contributed by atoms with E-state index in [0.29, 0.717) is 12.3 Å². The standard InChI is InChI=1S/C24H24N4O3/c1-16-6-5-7-23(28-24(29)27(3)25-26-28)22(16)15-31-20-11-8-17(2)21(14-20)18-9-12-19(30-4)13-10-18/h5-14H,15H2,1-4H3. The van der Waals surface area contributed by atoms with Crippen molar-refractivity contribution >= 4 is 0 Å². The first kappa shape index (κ1) is 20.4. The fraction of sp³-hybridized carbons (Fsp3) is 0.208. The molecule has 0 unspecified atom stereocenters. The van der Waals surface area contributed by atoms with Crippen LogP contribution in [0, 0.1) is 13.8 Å². The van der Waals surface area contributed by atoms with E-state index in [1.54, 1.807) is 14.2 Å². The Kier molecular flexibility index (Phi) is 5.58. The molecular formula is C24H24N4O3. The van der Waals surface area contributed by atoms with Gasteiger partial charge in [-0.15, -0.1) is 0 Å². The van der Waals surface area contributed by atoms with Gasteiger partial charge in [-0.3, -0.25) is 0 Å². The molecule has 0 aliphatic carbocycles. The van der Waals surface area contributed by atoms with Crippen molar-refractivity contribution in [2.45, 2.75) is 20.5 Å². The van der Waals surface area contributed by atoms with Crippen molar-refractivity contribution in [2.24, 2.45) is 7.05 Å². The summed E-state index contributed by atoms with van der Waals surface area (Å²) in [6.07, 6.45) is 0. The van der Waals surface area contributed by atoms with E-state index < -0.39 is 0 Å².